The van der Waals surface area contributed by atoms with E-state index in [0.717, 1.165) is 78.6 Å². The zero-order valence-electron chi connectivity index (χ0n) is 27.2. The normalized spacial score (nSPS) is 18.8. The molecule has 0 saturated carbocycles. The molecule has 2 fully saturated rings. The van der Waals surface area contributed by atoms with Gasteiger partial charge in [0.15, 0.2) is 0 Å². The summed E-state index contributed by atoms with van der Waals surface area (Å²) in [5.41, 5.74) is 6.44. The molecule has 1 N–H and O–H groups in total. The van der Waals surface area contributed by atoms with Crippen LogP contribution in [0, 0.1) is 6.92 Å². The SMILES string of the molecule is COc1cc2c(cc1CN1CCC(F)(F)CC1C(=O)O)nc(-c1cccc(-c3cccc(OCCCN4CCOCC4)c3)c1C)n2C. The molecule has 0 amide bonds. The minimum Gasteiger partial charge on any atom is -0.496 e. The summed E-state index contributed by atoms with van der Waals surface area (Å²) in [7, 11) is 3.50. The summed E-state index contributed by atoms with van der Waals surface area (Å²) in [4.78, 5) is 20.9. The Morgan fingerprint density at radius 2 is 1.85 bits per heavy atom. The van der Waals surface area contributed by atoms with Gasteiger partial charge in [-0.25, -0.2) is 13.8 Å². The van der Waals surface area contributed by atoms with E-state index < -0.39 is 24.4 Å². The van der Waals surface area contributed by atoms with Gasteiger partial charge in [0.1, 0.15) is 23.4 Å². The van der Waals surface area contributed by atoms with Crippen molar-refractivity contribution in [1.82, 2.24) is 19.4 Å². The maximum atomic E-state index is 14.1. The molecule has 3 heterocycles. The topological polar surface area (TPSA) is 89.3 Å². The highest BCUT2D eigenvalue weighted by molar-refractivity contribution is 5.85. The highest BCUT2D eigenvalue weighted by Crippen LogP contribution is 2.37. The van der Waals surface area contributed by atoms with Crippen LogP contribution in [0.3, 0.4) is 0 Å². The van der Waals surface area contributed by atoms with Gasteiger partial charge in [0.05, 0.1) is 38.0 Å². The average Bonchev–Trinajstić information content (AvgIpc) is 3.38. The van der Waals surface area contributed by atoms with Gasteiger partial charge >= 0.3 is 5.97 Å². The number of piperidine rings is 1. The number of nitrogens with zero attached hydrogens (tertiary/aromatic N) is 4. The van der Waals surface area contributed by atoms with Crippen LogP contribution in [0.15, 0.2) is 54.6 Å². The summed E-state index contributed by atoms with van der Waals surface area (Å²) in [5, 5.41) is 9.69. The quantitative estimate of drug-likeness (QED) is 0.198. The number of imidazole rings is 1. The zero-order chi connectivity index (χ0) is 33.1. The molecule has 0 bridgehead atoms. The minimum atomic E-state index is -2.99. The molecule has 0 aliphatic carbocycles. The first-order valence-electron chi connectivity index (χ1n) is 16.1. The number of alkyl halides is 2. The lowest BCUT2D eigenvalue weighted by Gasteiger charge is -2.37. The summed E-state index contributed by atoms with van der Waals surface area (Å²) in [6.07, 6.45) is -0.138. The predicted octanol–water partition coefficient (Wildman–Crippen LogP) is 6.01. The number of methoxy groups -OCH3 is 1. The standard InChI is InChI=1S/C36H42F2N4O5/c1-24-28(25-7-4-8-27(19-25)47-16-6-12-41-14-17-46-18-15-41)9-5-10-29(24)34-39-30-20-26(33(45-3)21-31(30)40(34)2)23-42-13-11-36(37,38)22-32(42)35(43)44/h4-5,7-10,19-21,32H,6,11-18,22-23H2,1-3H3,(H,43,44). The molecule has 0 spiro atoms. The van der Waals surface area contributed by atoms with Crippen molar-refractivity contribution in [3.05, 3.63) is 65.7 Å². The number of aromatic nitrogens is 2. The van der Waals surface area contributed by atoms with E-state index in [9.17, 15) is 18.7 Å². The largest absolute Gasteiger partial charge is 0.496 e. The maximum Gasteiger partial charge on any atom is 0.321 e. The third-order valence-corrected chi connectivity index (χ3v) is 9.35. The van der Waals surface area contributed by atoms with Crippen LogP contribution in [0.2, 0.25) is 0 Å². The Bertz CT molecular complexity index is 1740. The number of carboxylic acid groups (broad SMARTS) is 1. The van der Waals surface area contributed by atoms with Crippen LogP contribution in [0.1, 0.15) is 30.4 Å². The van der Waals surface area contributed by atoms with Crippen LogP contribution < -0.4 is 9.47 Å². The monoisotopic (exact) mass is 648 g/mol. The average molecular weight is 649 g/mol. The van der Waals surface area contributed by atoms with Gasteiger partial charge in [-0.15, -0.1) is 0 Å². The number of fused-ring (bicyclic) bond motifs is 1. The number of carbonyl (C=O) groups is 1. The van der Waals surface area contributed by atoms with Crippen LogP contribution in [0.4, 0.5) is 8.78 Å². The molecule has 4 aromatic rings. The molecule has 47 heavy (non-hydrogen) atoms. The minimum absolute atomic E-state index is 0.0225. The summed E-state index contributed by atoms with van der Waals surface area (Å²) in [5.74, 6) is -2.08. The highest BCUT2D eigenvalue weighted by atomic mass is 19.3. The van der Waals surface area contributed by atoms with Gasteiger partial charge < -0.3 is 23.9 Å². The molecule has 2 saturated heterocycles. The lowest BCUT2D eigenvalue weighted by Crippen LogP contribution is -2.50. The molecule has 1 unspecified atom stereocenters. The second-order valence-electron chi connectivity index (χ2n) is 12.4. The number of ether oxygens (including phenoxy) is 3. The van der Waals surface area contributed by atoms with Gasteiger partial charge in [-0.3, -0.25) is 14.6 Å². The molecule has 1 aromatic heterocycles. The van der Waals surface area contributed by atoms with Gasteiger partial charge in [-0.2, -0.15) is 0 Å². The molecular weight excluding hydrogens is 606 g/mol. The van der Waals surface area contributed by atoms with Gasteiger partial charge in [0.2, 0.25) is 0 Å². The number of likely N-dealkylation sites (tertiary alicyclic amines) is 1. The first-order chi connectivity index (χ1) is 22.6. The van der Waals surface area contributed by atoms with Gasteiger partial charge in [0.25, 0.3) is 5.92 Å². The van der Waals surface area contributed by atoms with Crippen LogP contribution in [0.5, 0.6) is 11.5 Å². The van der Waals surface area contributed by atoms with E-state index in [1.165, 1.54) is 0 Å². The van der Waals surface area contributed by atoms with E-state index in [2.05, 4.69) is 36.1 Å². The number of aliphatic carboxylic acids is 1. The summed E-state index contributed by atoms with van der Waals surface area (Å²) in [6.45, 7) is 7.41. The van der Waals surface area contributed by atoms with Gasteiger partial charge in [-0.05, 0) is 48.2 Å². The van der Waals surface area contributed by atoms with Crippen molar-refractivity contribution in [3.8, 4) is 34.0 Å². The summed E-state index contributed by atoms with van der Waals surface area (Å²) >= 11 is 0. The fourth-order valence-corrected chi connectivity index (χ4v) is 6.69. The zero-order valence-corrected chi connectivity index (χ0v) is 27.2. The van der Waals surface area contributed by atoms with Crippen molar-refractivity contribution in [3.63, 3.8) is 0 Å². The molecule has 250 valence electrons. The Kier molecular flexibility index (Phi) is 9.77. The number of rotatable bonds is 11. The van der Waals surface area contributed by atoms with Crippen molar-refractivity contribution >= 4 is 17.0 Å². The third kappa shape index (κ3) is 7.27. The maximum absolute atomic E-state index is 14.1. The molecule has 1 atom stereocenters. The predicted molar refractivity (Wildman–Crippen MR) is 176 cm³/mol. The summed E-state index contributed by atoms with van der Waals surface area (Å²) in [6, 6.07) is 16.8. The molecule has 2 aliphatic heterocycles. The second kappa shape index (κ2) is 14.0. The lowest BCUT2D eigenvalue weighted by atomic mass is 9.96. The van der Waals surface area contributed by atoms with Gasteiger partial charge in [-0.1, -0.05) is 30.3 Å². The van der Waals surface area contributed by atoms with E-state index in [1.807, 2.05) is 41.9 Å². The van der Waals surface area contributed by atoms with Crippen LogP contribution in [0.25, 0.3) is 33.5 Å². The van der Waals surface area contributed by atoms with Crippen LogP contribution in [-0.2, 0) is 23.1 Å². The fraction of sp³-hybridized carbons (Fsp3) is 0.444. The molecule has 11 heteroatoms. The molecule has 9 nitrogen and oxygen atoms in total. The van der Waals surface area contributed by atoms with E-state index in [0.29, 0.717) is 23.4 Å². The number of carboxylic acids is 1. The number of morpholine rings is 1. The first kappa shape index (κ1) is 32.9. The molecule has 2 aliphatic rings. The molecule has 0 radical (unpaired) electrons. The third-order valence-electron chi connectivity index (χ3n) is 9.35. The van der Waals surface area contributed by atoms with Crippen molar-refractivity contribution in [2.45, 2.75) is 44.7 Å². The van der Waals surface area contributed by atoms with E-state index in [-0.39, 0.29) is 19.5 Å². The Labute approximate surface area is 273 Å². The van der Waals surface area contributed by atoms with Crippen molar-refractivity contribution in [2.75, 3.05) is 53.1 Å². The van der Waals surface area contributed by atoms with Crippen LogP contribution in [-0.4, -0.2) is 95.5 Å². The van der Waals surface area contributed by atoms with Crippen molar-refractivity contribution in [1.29, 1.82) is 0 Å². The number of hydrogen-bond acceptors (Lipinski definition) is 7. The smallest absolute Gasteiger partial charge is 0.321 e. The summed E-state index contributed by atoms with van der Waals surface area (Å²) < 4.78 is 47.4. The Morgan fingerprint density at radius 3 is 2.62 bits per heavy atom. The number of hydrogen-bond donors (Lipinski definition) is 1. The number of benzene rings is 3. The second-order valence-corrected chi connectivity index (χ2v) is 12.4. The highest BCUT2D eigenvalue weighted by Gasteiger charge is 2.43. The molecular formula is C36H42F2N4O5. The van der Waals surface area contributed by atoms with E-state index in [1.54, 1.807) is 12.0 Å². The fourth-order valence-electron chi connectivity index (χ4n) is 6.69. The Balaban J connectivity index is 1.23. The van der Waals surface area contributed by atoms with Crippen molar-refractivity contribution < 1.29 is 32.9 Å². The van der Waals surface area contributed by atoms with E-state index >= 15 is 0 Å². The Morgan fingerprint density at radius 1 is 1.09 bits per heavy atom. The lowest BCUT2D eigenvalue weighted by molar-refractivity contribution is -0.154. The van der Waals surface area contributed by atoms with Crippen LogP contribution >= 0.6 is 0 Å². The van der Waals surface area contributed by atoms with E-state index in [4.69, 9.17) is 19.2 Å². The van der Waals surface area contributed by atoms with Gasteiger partial charge in [0, 0.05) is 69.8 Å². The molecule has 3 aromatic carbocycles. The number of halogens is 2. The molecule has 6 rings (SSSR count). The number of aryl methyl sites for hydroxylation is 1. The van der Waals surface area contributed by atoms with Crippen molar-refractivity contribution in [2.24, 2.45) is 7.05 Å². The first-order valence-corrected chi connectivity index (χ1v) is 16.1. The Hall–Kier alpha value is -4.06.